The van der Waals surface area contributed by atoms with Crippen LogP contribution in [0.3, 0.4) is 0 Å². The first-order valence-corrected chi connectivity index (χ1v) is 8.63. The van der Waals surface area contributed by atoms with E-state index < -0.39 is 24.0 Å². The van der Waals surface area contributed by atoms with Crippen molar-refractivity contribution in [1.82, 2.24) is 10.6 Å². The first-order valence-electron chi connectivity index (χ1n) is 8.63. The third kappa shape index (κ3) is 5.94. The summed E-state index contributed by atoms with van der Waals surface area (Å²) in [7, 11) is 0. The van der Waals surface area contributed by atoms with E-state index in [1.807, 2.05) is 0 Å². The Morgan fingerprint density at radius 3 is 2.18 bits per heavy atom. The molecule has 0 bridgehead atoms. The molecule has 0 aliphatic heterocycles. The molecule has 0 unspecified atom stereocenters. The number of carbonyl (C=O) groups excluding carboxylic acids is 4. The zero-order valence-electron chi connectivity index (χ0n) is 15.5. The van der Waals surface area contributed by atoms with Crippen molar-refractivity contribution in [1.29, 1.82) is 0 Å². The van der Waals surface area contributed by atoms with E-state index in [1.165, 1.54) is 19.1 Å². The van der Waals surface area contributed by atoms with Gasteiger partial charge in [-0.25, -0.2) is 9.59 Å². The summed E-state index contributed by atoms with van der Waals surface area (Å²) in [6.45, 7) is 3.43. The number of benzene rings is 2. The lowest BCUT2D eigenvalue weighted by molar-refractivity contribution is -0.129. The van der Waals surface area contributed by atoms with Crippen LogP contribution in [0.15, 0.2) is 54.6 Å². The number of nitrogens with one attached hydrogen (secondary N) is 3. The van der Waals surface area contributed by atoms with Crippen LogP contribution in [0.5, 0.6) is 0 Å². The van der Waals surface area contributed by atoms with Crippen LogP contribution in [0, 0.1) is 0 Å². The van der Waals surface area contributed by atoms with E-state index >= 15 is 0 Å². The molecule has 2 aromatic rings. The van der Waals surface area contributed by atoms with Crippen molar-refractivity contribution in [3.63, 3.8) is 0 Å². The van der Waals surface area contributed by atoms with E-state index in [1.54, 1.807) is 49.4 Å². The largest absolute Gasteiger partial charge is 0.444 e. The lowest BCUT2D eigenvalue weighted by atomic mass is 10.1. The van der Waals surface area contributed by atoms with Gasteiger partial charge in [0.2, 0.25) is 12.0 Å². The number of rotatable bonds is 6. The van der Waals surface area contributed by atoms with Crippen LogP contribution < -0.4 is 16.0 Å². The van der Waals surface area contributed by atoms with E-state index in [4.69, 9.17) is 4.74 Å². The Balaban J connectivity index is 2.17. The van der Waals surface area contributed by atoms with Crippen LogP contribution in [0.25, 0.3) is 0 Å². The third-order valence-corrected chi connectivity index (χ3v) is 3.58. The van der Waals surface area contributed by atoms with Gasteiger partial charge >= 0.3 is 12.0 Å². The number of imide groups is 1. The molecule has 4 amide bonds. The van der Waals surface area contributed by atoms with E-state index in [9.17, 15) is 19.2 Å². The van der Waals surface area contributed by atoms with Crippen molar-refractivity contribution >= 4 is 29.5 Å². The molecular formula is C20H21N3O5. The summed E-state index contributed by atoms with van der Waals surface area (Å²) >= 11 is 0. The normalized spacial score (nSPS) is 11.1. The summed E-state index contributed by atoms with van der Waals surface area (Å²) in [5, 5.41) is 7.19. The zero-order chi connectivity index (χ0) is 20.5. The zero-order valence-corrected chi connectivity index (χ0v) is 15.5. The average molecular weight is 383 g/mol. The van der Waals surface area contributed by atoms with Crippen LogP contribution in [0.2, 0.25) is 0 Å². The maximum Gasteiger partial charge on any atom is 0.339 e. The van der Waals surface area contributed by atoms with Crippen molar-refractivity contribution in [2.45, 2.75) is 20.0 Å². The predicted octanol–water partition coefficient (Wildman–Crippen LogP) is 2.39. The Morgan fingerprint density at radius 1 is 0.964 bits per heavy atom. The Labute approximate surface area is 162 Å². The maximum atomic E-state index is 12.5. The molecule has 2 aromatic carbocycles. The molecule has 0 fully saturated rings. The molecule has 28 heavy (non-hydrogen) atoms. The second kappa shape index (κ2) is 9.86. The SMILES string of the molecule is CCNC(=O)NC(=O)[C@H](OC(=O)c1ccc(NC(C)=O)cc1)c1ccccc1. The highest BCUT2D eigenvalue weighted by Gasteiger charge is 2.27. The van der Waals surface area contributed by atoms with E-state index in [0.29, 0.717) is 17.8 Å². The molecule has 1 atom stereocenters. The second-order valence-electron chi connectivity index (χ2n) is 5.80. The van der Waals surface area contributed by atoms with Gasteiger partial charge in [0.15, 0.2) is 0 Å². The lowest BCUT2D eigenvalue weighted by Gasteiger charge is -2.18. The number of anilines is 1. The maximum absolute atomic E-state index is 12.5. The smallest absolute Gasteiger partial charge is 0.339 e. The van der Waals surface area contributed by atoms with Crippen LogP contribution in [0.4, 0.5) is 10.5 Å². The van der Waals surface area contributed by atoms with Gasteiger partial charge in [0, 0.05) is 24.7 Å². The van der Waals surface area contributed by atoms with Crippen molar-refractivity contribution in [2.24, 2.45) is 0 Å². The topological polar surface area (TPSA) is 114 Å². The van der Waals surface area contributed by atoms with Crippen LogP contribution >= 0.6 is 0 Å². The minimum Gasteiger partial charge on any atom is -0.444 e. The molecule has 0 saturated carbocycles. The lowest BCUT2D eigenvalue weighted by Crippen LogP contribution is -2.42. The standard InChI is InChI=1S/C20H21N3O5/c1-3-21-20(27)23-18(25)17(14-7-5-4-6-8-14)28-19(26)15-9-11-16(12-10-15)22-13(2)24/h4-12,17H,3H2,1-2H3,(H,22,24)(H2,21,23,25,27)/t17-/m1/s1. The molecule has 2 rings (SSSR count). The van der Waals surface area contributed by atoms with Crippen molar-refractivity contribution < 1.29 is 23.9 Å². The first kappa shape index (κ1) is 20.6. The summed E-state index contributed by atoms with van der Waals surface area (Å²) < 4.78 is 5.37. The molecule has 0 aliphatic rings. The van der Waals surface area contributed by atoms with Crippen LogP contribution in [-0.2, 0) is 14.3 Å². The summed E-state index contributed by atoms with van der Waals surface area (Å²) in [5.41, 5.74) is 1.14. The minimum atomic E-state index is -1.30. The van der Waals surface area contributed by atoms with Gasteiger partial charge in [0.1, 0.15) is 0 Å². The first-order chi connectivity index (χ1) is 13.4. The summed E-state index contributed by atoms with van der Waals surface area (Å²) in [6, 6.07) is 13.7. The average Bonchev–Trinajstić information content (AvgIpc) is 2.66. The molecule has 0 aromatic heterocycles. The van der Waals surface area contributed by atoms with Gasteiger partial charge in [-0.15, -0.1) is 0 Å². The number of hydrogen-bond acceptors (Lipinski definition) is 5. The molecule has 0 heterocycles. The predicted molar refractivity (Wildman–Crippen MR) is 103 cm³/mol. The monoisotopic (exact) mass is 383 g/mol. The summed E-state index contributed by atoms with van der Waals surface area (Å²) in [5.74, 6) is -1.74. The van der Waals surface area contributed by atoms with Gasteiger partial charge < -0.3 is 15.4 Å². The van der Waals surface area contributed by atoms with E-state index in [2.05, 4.69) is 16.0 Å². The highest BCUT2D eigenvalue weighted by atomic mass is 16.5. The molecule has 0 radical (unpaired) electrons. The molecule has 3 N–H and O–H groups in total. The quantitative estimate of drug-likeness (QED) is 0.663. The van der Waals surface area contributed by atoms with E-state index in [-0.39, 0.29) is 11.5 Å². The number of hydrogen-bond donors (Lipinski definition) is 3. The van der Waals surface area contributed by atoms with Gasteiger partial charge in [0.05, 0.1) is 5.56 Å². The number of urea groups is 1. The fourth-order valence-corrected chi connectivity index (χ4v) is 2.35. The van der Waals surface area contributed by atoms with Crippen LogP contribution in [0.1, 0.15) is 35.9 Å². The molecule has 8 nitrogen and oxygen atoms in total. The van der Waals surface area contributed by atoms with Gasteiger partial charge in [-0.2, -0.15) is 0 Å². The number of carbonyl (C=O) groups is 4. The molecular weight excluding hydrogens is 362 g/mol. The molecule has 0 aliphatic carbocycles. The fraction of sp³-hybridized carbons (Fsp3) is 0.200. The molecule has 146 valence electrons. The number of ether oxygens (including phenoxy) is 1. The van der Waals surface area contributed by atoms with Gasteiger partial charge in [-0.05, 0) is 31.2 Å². The second-order valence-corrected chi connectivity index (χ2v) is 5.80. The van der Waals surface area contributed by atoms with Gasteiger partial charge in [-0.1, -0.05) is 30.3 Å². The van der Waals surface area contributed by atoms with Crippen LogP contribution in [-0.4, -0.2) is 30.4 Å². The molecule has 0 spiro atoms. The summed E-state index contributed by atoms with van der Waals surface area (Å²) in [4.78, 5) is 47.7. The van der Waals surface area contributed by atoms with E-state index in [0.717, 1.165) is 0 Å². The van der Waals surface area contributed by atoms with Crippen molar-refractivity contribution in [3.8, 4) is 0 Å². The van der Waals surface area contributed by atoms with Gasteiger partial charge in [0.25, 0.3) is 5.91 Å². The minimum absolute atomic E-state index is 0.195. The highest BCUT2D eigenvalue weighted by Crippen LogP contribution is 2.20. The van der Waals surface area contributed by atoms with Gasteiger partial charge in [-0.3, -0.25) is 14.9 Å². The fourth-order valence-electron chi connectivity index (χ4n) is 2.35. The molecule has 8 heteroatoms. The number of esters is 1. The Hall–Kier alpha value is -3.68. The highest BCUT2D eigenvalue weighted by molar-refractivity contribution is 5.99. The summed E-state index contributed by atoms with van der Waals surface area (Å²) in [6.07, 6.45) is -1.30. The number of amides is 4. The molecule has 0 saturated heterocycles. The third-order valence-electron chi connectivity index (χ3n) is 3.58. The Bertz CT molecular complexity index is 850. The van der Waals surface area contributed by atoms with Crippen molar-refractivity contribution in [3.05, 3.63) is 65.7 Å². The van der Waals surface area contributed by atoms with Crippen molar-refractivity contribution in [2.75, 3.05) is 11.9 Å². The Kier molecular flexibility index (Phi) is 7.27. The Morgan fingerprint density at radius 2 is 1.61 bits per heavy atom.